The molecular weight excluding hydrogens is 1060 g/mol. The van der Waals surface area contributed by atoms with E-state index in [4.69, 9.17) is 89.3 Å². The zero-order valence-corrected chi connectivity index (χ0v) is 45.9. The molecule has 0 aromatic heterocycles. The number of rotatable bonds is 2. The first-order chi connectivity index (χ1) is 38.5. The largest absolute Gasteiger partial charge is 0.481 e. The molecule has 14 aliphatic heterocycles. The third kappa shape index (κ3) is 9.12. The minimum atomic E-state index is -2.18. The van der Waals surface area contributed by atoms with Gasteiger partial charge in [-0.2, -0.15) is 0 Å². The van der Waals surface area contributed by atoms with Gasteiger partial charge in [0.1, 0.15) is 30.0 Å². The summed E-state index contributed by atoms with van der Waals surface area (Å²) in [5.74, 6) is -7.78. The number of aliphatic carboxylic acids is 1. The fourth-order valence-electron chi connectivity index (χ4n) is 17.9. The fraction of sp³-hybridized carbons (Fsp3) is 0.895. The Morgan fingerprint density at radius 1 is 0.642 bits per heavy atom. The summed E-state index contributed by atoms with van der Waals surface area (Å²) in [6.45, 7) is 10.8. The van der Waals surface area contributed by atoms with E-state index >= 15 is 0 Å². The Bertz CT molecular complexity index is 2550. The number of carbonyl (C=O) groups excluding carboxylic acids is 1. The molecule has 24 heteroatoms. The topological polar surface area (TPSA) is 348 Å². The van der Waals surface area contributed by atoms with E-state index in [1.807, 2.05) is 6.92 Å². The van der Waals surface area contributed by atoms with E-state index in [2.05, 4.69) is 13.2 Å². The molecule has 0 aromatic rings. The number of hydrogen-bond acceptors (Lipinski definition) is 23. The zero-order valence-electron chi connectivity index (χ0n) is 45.9. The van der Waals surface area contributed by atoms with Crippen molar-refractivity contribution < 1.29 is 96.3 Å². The maximum atomic E-state index is 14.5. The normalized spacial score (nSPS) is 57.9. The molecule has 10 bridgehead atoms. The Morgan fingerprint density at radius 2 is 1.41 bits per heavy atom. The van der Waals surface area contributed by atoms with Crippen LogP contribution in [0.5, 0.6) is 0 Å². The summed E-state index contributed by atoms with van der Waals surface area (Å²) in [6.07, 6.45) is -6.50. The smallest absolute Gasteiger partial charge is 0.308 e. The van der Waals surface area contributed by atoms with Gasteiger partial charge in [0.25, 0.3) is 0 Å². The molecule has 450 valence electrons. The summed E-state index contributed by atoms with van der Waals surface area (Å²) in [5, 5.41) is 43.2. The lowest BCUT2D eigenvalue weighted by Gasteiger charge is -2.54. The monoisotopic (exact) mass is 1140 g/mol. The second kappa shape index (κ2) is 19.3. The molecule has 81 heavy (non-hydrogen) atoms. The number of aliphatic hydroxyl groups excluding tert-OH is 1. The third-order valence-corrected chi connectivity index (χ3v) is 21.8. The van der Waals surface area contributed by atoms with Crippen LogP contribution in [0.2, 0.25) is 0 Å². The number of nitrogens with two attached hydrogens (primary N) is 4. The summed E-state index contributed by atoms with van der Waals surface area (Å²) in [4.78, 5) is 26.1. The van der Waals surface area contributed by atoms with Crippen LogP contribution in [0.3, 0.4) is 0 Å². The molecular formula is C57H82N4O20. The highest BCUT2D eigenvalue weighted by Crippen LogP contribution is 2.69. The summed E-state index contributed by atoms with van der Waals surface area (Å²) in [5.41, 5.74) is 28.2. The molecule has 24 nitrogen and oxygen atoms in total. The molecule has 0 radical (unpaired) electrons. The molecule has 1 aliphatic carbocycles. The number of fused-ring (bicyclic) bond motifs is 12. The summed E-state index contributed by atoms with van der Waals surface area (Å²) < 4.78 is 94.8. The van der Waals surface area contributed by atoms with E-state index < -0.39 is 168 Å². The molecule has 15 aliphatic rings. The van der Waals surface area contributed by atoms with E-state index in [1.165, 1.54) is 0 Å². The van der Waals surface area contributed by atoms with Crippen LogP contribution in [-0.4, -0.2) is 213 Å². The average Bonchev–Trinajstić information content (AvgIpc) is 1.73. The maximum Gasteiger partial charge on any atom is 0.308 e. The second-order valence-electron chi connectivity index (χ2n) is 27.4. The van der Waals surface area contributed by atoms with Gasteiger partial charge >= 0.3 is 11.9 Å². The number of esters is 1. The molecule has 2 unspecified atom stereocenters. The van der Waals surface area contributed by atoms with Crippen molar-refractivity contribution >= 4 is 11.9 Å². The van der Waals surface area contributed by atoms with E-state index in [1.54, 1.807) is 0 Å². The van der Waals surface area contributed by atoms with Crippen LogP contribution in [0, 0.1) is 5.92 Å². The third-order valence-electron chi connectivity index (χ3n) is 21.8. The Labute approximate surface area is 469 Å². The van der Waals surface area contributed by atoms with Crippen LogP contribution in [-0.2, 0) is 75.9 Å². The molecule has 14 saturated heterocycles. The first kappa shape index (κ1) is 55.2. The van der Waals surface area contributed by atoms with Gasteiger partial charge in [-0.15, -0.1) is 0 Å². The summed E-state index contributed by atoms with van der Waals surface area (Å²) >= 11 is 0. The van der Waals surface area contributed by atoms with Crippen LogP contribution < -0.4 is 22.9 Å². The first-order valence-electron chi connectivity index (χ1n) is 30.1. The highest BCUT2D eigenvalue weighted by Gasteiger charge is 2.83. The fourth-order valence-corrected chi connectivity index (χ4v) is 17.9. The molecule has 14 heterocycles. The Morgan fingerprint density at radius 3 is 2.23 bits per heavy atom. The van der Waals surface area contributed by atoms with Gasteiger partial charge in [0, 0.05) is 75.8 Å². The zero-order chi connectivity index (χ0) is 56.1. The van der Waals surface area contributed by atoms with Crippen LogP contribution in [0.25, 0.3) is 0 Å². The van der Waals surface area contributed by atoms with Crippen LogP contribution in [0.15, 0.2) is 24.3 Å². The number of carbonyl (C=O) groups is 2. The van der Waals surface area contributed by atoms with Gasteiger partial charge in [-0.05, 0) is 56.1 Å². The lowest BCUT2D eigenvalue weighted by molar-refractivity contribution is -0.360. The molecule has 0 aromatic carbocycles. The van der Waals surface area contributed by atoms with Crippen LogP contribution >= 0.6 is 0 Å². The van der Waals surface area contributed by atoms with Gasteiger partial charge in [-0.25, -0.2) is 0 Å². The lowest BCUT2D eigenvalue weighted by atomic mass is 9.79. The second-order valence-corrected chi connectivity index (χ2v) is 27.4. The number of hydrogen-bond donors (Lipinski definition) is 8. The van der Waals surface area contributed by atoms with Crippen molar-refractivity contribution in [2.75, 3.05) is 0 Å². The number of carboxylic acids is 1. The Balaban J connectivity index is 0.670. The molecule has 30 atom stereocenters. The Hall–Kier alpha value is -2.38. The summed E-state index contributed by atoms with van der Waals surface area (Å²) in [7, 11) is 0. The minimum absolute atomic E-state index is 0.0858. The van der Waals surface area contributed by atoms with Gasteiger partial charge in [-0.3, -0.25) is 9.59 Å². The maximum absolute atomic E-state index is 14.5. The van der Waals surface area contributed by atoms with Crippen molar-refractivity contribution in [1.29, 1.82) is 0 Å². The van der Waals surface area contributed by atoms with Crippen molar-refractivity contribution in [3.8, 4) is 0 Å². The van der Waals surface area contributed by atoms with Crippen molar-refractivity contribution in [3.63, 3.8) is 0 Å². The molecule has 4 spiro atoms. The van der Waals surface area contributed by atoms with Crippen molar-refractivity contribution in [1.82, 2.24) is 0 Å². The molecule has 15 fully saturated rings. The number of aliphatic hydroxyl groups is 3. The van der Waals surface area contributed by atoms with E-state index in [0.717, 1.165) is 5.57 Å². The van der Waals surface area contributed by atoms with Crippen LogP contribution in [0.1, 0.15) is 129 Å². The molecule has 15 rings (SSSR count). The predicted octanol–water partition coefficient (Wildman–Crippen LogP) is 0.115. The SMILES string of the molecule is C=C1C[C@@H]2CC[C@]34CC(O)(O)C(O3)[C@@H]3O[C@H]5CC[C@H](CC(=O)O[C@@H]6[C@@H](N)[C@@H]7O[C@@H]8C[C@@]9(C[C@@H]%10O[C@]%11(C[C@H](N)[C@@H]%12O[C@H](CC(=O)O)[C@H](O)C[C@@H]%12O%11)CC%11(N)C[C@@]%10%11O9)O[C@@H]8C[C@@H]7O[C@H]6C[C@H]6O[C@@H](CC[C@@H]1O2)C[C@@H](N)C6=C)O[C@@H]5[C@H](O4)[C@@H]3C. The van der Waals surface area contributed by atoms with Crippen molar-refractivity contribution in [2.24, 2.45) is 28.9 Å². The van der Waals surface area contributed by atoms with Gasteiger partial charge in [0.15, 0.2) is 23.1 Å². The molecule has 12 N–H and O–H groups in total. The van der Waals surface area contributed by atoms with Gasteiger partial charge in [-0.1, -0.05) is 20.1 Å². The van der Waals surface area contributed by atoms with Gasteiger partial charge in [0.2, 0.25) is 0 Å². The van der Waals surface area contributed by atoms with Crippen molar-refractivity contribution in [2.45, 2.75) is 310 Å². The summed E-state index contributed by atoms with van der Waals surface area (Å²) in [6, 6.07) is -1.79. The average molecular weight is 1140 g/mol. The highest BCUT2D eigenvalue weighted by molar-refractivity contribution is 5.70. The van der Waals surface area contributed by atoms with Crippen LogP contribution in [0.4, 0.5) is 0 Å². The van der Waals surface area contributed by atoms with Gasteiger partial charge < -0.3 is 110 Å². The van der Waals surface area contributed by atoms with E-state index in [9.17, 15) is 30.0 Å². The van der Waals surface area contributed by atoms with E-state index in [0.29, 0.717) is 82.6 Å². The highest BCUT2D eigenvalue weighted by atomic mass is 16.8. The van der Waals surface area contributed by atoms with Crippen molar-refractivity contribution in [3.05, 3.63) is 24.3 Å². The predicted molar refractivity (Wildman–Crippen MR) is 274 cm³/mol. The molecule has 1 saturated carbocycles. The standard InChI is InChI=1S/C57H82N4O20/c1-23-10-28-8-9-53-22-57(66,67)51(80-53)46-25(3)45(79-53)50-33(72-46)7-5-27(70-50)12-43(65)75-49-37(14-34-24(2)29(58)11-26(69-34)4-6-32(23)68-28)71-38-15-36-40(74-48(38)44(49)60)18-54(76-36)19-41-56(81-54)21-52(56,61)20-55(78-41)17-30(59)47-39(77-55)13-31(62)35(73-47)16-42(63)64/h25-41,44-51,62,66-67H,1-2,4-22,58-61H2,3H3,(H,63,64)/t25-,26-,27+,28-,29+,30-,31+,32-,33-,34+,35+,36+,37-,38-,39-,40+,41-,44-,45+,46+,47-,48+,49-,50-,51?,52?,53+,54+,55+,56+/m0/s1. The first-order valence-corrected chi connectivity index (χ1v) is 30.1. The van der Waals surface area contributed by atoms with E-state index in [-0.39, 0.29) is 75.2 Å². The minimum Gasteiger partial charge on any atom is -0.481 e. The Kier molecular flexibility index (Phi) is 13.2. The number of ether oxygens (including phenoxy) is 14. The number of carboxylic acid groups (broad SMARTS) is 1. The lowest BCUT2D eigenvalue weighted by Crippen LogP contribution is -2.68. The van der Waals surface area contributed by atoms with Gasteiger partial charge in [0.05, 0.1) is 135 Å². The molecule has 0 amide bonds. The quantitative estimate of drug-likeness (QED) is 0.103.